The van der Waals surface area contributed by atoms with Crippen LogP contribution in [0.25, 0.3) is 21.5 Å². The third kappa shape index (κ3) is 1.85. The van der Waals surface area contributed by atoms with Gasteiger partial charge in [-0.15, -0.1) is 0 Å². The average Bonchev–Trinajstić information content (AvgIpc) is 2.44. The van der Waals surface area contributed by atoms with E-state index >= 15 is 0 Å². The highest BCUT2D eigenvalue weighted by molar-refractivity contribution is 6.08. The van der Waals surface area contributed by atoms with Crippen LogP contribution in [0.4, 0.5) is 22.7 Å². The molecular formula is C14H10N4O4. The van der Waals surface area contributed by atoms with Crippen LogP contribution in [0.15, 0.2) is 36.4 Å². The summed E-state index contributed by atoms with van der Waals surface area (Å²) in [5.74, 6) is 0. The first-order chi connectivity index (χ1) is 10.4. The van der Waals surface area contributed by atoms with Gasteiger partial charge in [0.05, 0.1) is 20.6 Å². The number of fused-ring (bicyclic) bond motifs is 2. The molecular weight excluding hydrogens is 288 g/mol. The largest absolute Gasteiger partial charge is 0.393 e. The normalized spacial score (nSPS) is 10.9. The van der Waals surface area contributed by atoms with E-state index in [1.807, 2.05) is 0 Å². The third-order valence-corrected chi connectivity index (χ3v) is 3.53. The summed E-state index contributed by atoms with van der Waals surface area (Å²) in [7, 11) is 0. The molecule has 0 aromatic heterocycles. The molecule has 3 aromatic rings. The first-order valence-electron chi connectivity index (χ1n) is 6.23. The van der Waals surface area contributed by atoms with Crippen LogP contribution in [-0.4, -0.2) is 9.85 Å². The van der Waals surface area contributed by atoms with Crippen molar-refractivity contribution in [2.75, 3.05) is 11.5 Å². The lowest BCUT2D eigenvalue weighted by Crippen LogP contribution is -1.98. The van der Waals surface area contributed by atoms with E-state index in [1.54, 1.807) is 18.2 Å². The van der Waals surface area contributed by atoms with E-state index in [1.165, 1.54) is 18.2 Å². The highest BCUT2D eigenvalue weighted by atomic mass is 16.6. The highest BCUT2D eigenvalue weighted by Crippen LogP contribution is 2.38. The smallest absolute Gasteiger partial charge is 0.299 e. The van der Waals surface area contributed by atoms with E-state index in [2.05, 4.69) is 0 Å². The van der Waals surface area contributed by atoms with Gasteiger partial charge in [-0.3, -0.25) is 20.2 Å². The number of benzene rings is 3. The molecule has 0 bridgehead atoms. The molecule has 110 valence electrons. The fraction of sp³-hybridized carbons (Fsp3) is 0. The molecule has 0 unspecified atom stereocenters. The number of anilines is 2. The lowest BCUT2D eigenvalue weighted by molar-refractivity contribution is -0.382. The van der Waals surface area contributed by atoms with Crippen LogP contribution in [0.5, 0.6) is 0 Å². The number of hydrogen-bond acceptors (Lipinski definition) is 6. The van der Waals surface area contributed by atoms with Gasteiger partial charge in [0.2, 0.25) is 0 Å². The SMILES string of the molecule is Nc1ccc2cc3ccc(N)c([N+](=O)[O-])c3cc2c1[N+](=O)[O-]. The van der Waals surface area contributed by atoms with Gasteiger partial charge in [-0.05, 0) is 35.0 Å². The Labute approximate surface area is 123 Å². The molecule has 0 heterocycles. The average molecular weight is 298 g/mol. The maximum absolute atomic E-state index is 11.2. The molecule has 0 spiro atoms. The Balaban J connectivity index is 2.54. The van der Waals surface area contributed by atoms with E-state index in [0.29, 0.717) is 10.8 Å². The van der Waals surface area contributed by atoms with E-state index in [9.17, 15) is 20.2 Å². The van der Waals surface area contributed by atoms with E-state index in [0.717, 1.165) is 0 Å². The zero-order valence-electron chi connectivity index (χ0n) is 11.1. The summed E-state index contributed by atoms with van der Waals surface area (Å²) < 4.78 is 0. The predicted molar refractivity (Wildman–Crippen MR) is 83.6 cm³/mol. The zero-order chi connectivity index (χ0) is 16.0. The number of nitrogens with zero attached hydrogens (tertiary/aromatic N) is 2. The fourth-order valence-electron chi connectivity index (χ4n) is 2.56. The van der Waals surface area contributed by atoms with Crippen molar-refractivity contribution in [2.24, 2.45) is 0 Å². The third-order valence-electron chi connectivity index (χ3n) is 3.53. The second-order valence-electron chi connectivity index (χ2n) is 4.82. The number of rotatable bonds is 2. The van der Waals surface area contributed by atoms with Gasteiger partial charge in [-0.1, -0.05) is 12.1 Å². The zero-order valence-corrected chi connectivity index (χ0v) is 11.1. The van der Waals surface area contributed by atoms with Crippen molar-refractivity contribution in [3.63, 3.8) is 0 Å². The van der Waals surface area contributed by atoms with Gasteiger partial charge in [0.25, 0.3) is 11.4 Å². The van der Waals surface area contributed by atoms with Gasteiger partial charge in [0, 0.05) is 0 Å². The molecule has 4 N–H and O–H groups in total. The van der Waals surface area contributed by atoms with E-state index < -0.39 is 9.85 Å². The molecule has 0 atom stereocenters. The summed E-state index contributed by atoms with van der Waals surface area (Å²) in [6, 6.07) is 9.20. The van der Waals surface area contributed by atoms with Crippen molar-refractivity contribution < 1.29 is 9.85 Å². The molecule has 8 heteroatoms. The van der Waals surface area contributed by atoms with E-state index in [-0.39, 0.29) is 33.5 Å². The summed E-state index contributed by atoms with van der Waals surface area (Å²) in [5.41, 5.74) is 10.8. The number of nitrogen functional groups attached to an aromatic ring is 2. The molecule has 0 amide bonds. The van der Waals surface area contributed by atoms with Crippen LogP contribution in [0, 0.1) is 20.2 Å². The first kappa shape index (κ1) is 13.6. The van der Waals surface area contributed by atoms with E-state index in [4.69, 9.17) is 11.5 Å². The Kier molecular flexibility index (Phi) is 2.81. The maximum atomic E-state index is 11.2. The second-order valence-corrected chi connectivity index (χ2v) is 4.82. The van der Waals surface area contributed by atoms with Crippen molar-refractivity contribution in [1.82, 2.24) is 0 Å². The quantitative estimate of drug-likeness (QED) is 0.322. The molecule has 3 aromatic carbocycles. The Morgan fingerprint density at radius 3 is 1.50 bits per heavy atom. The minimum Gasteiger partial charge on any atom is -0.393 e. The maximum Gasteiger partial charge on any atom is 0.299 e. The summed E-state index contributed by atoms with van der Waals surface area (Å²) >= 11 is 0. The summed E-state index contributed by atoms with van der Waals surface area (Å²) in [6.07, 6.45) is 0. The minimum absolute atomic E-state index is 0.00315. The molecule has 3 rings (SSSR count). The number of nitro benzene ring substituents is 2. The molecule has 0 radical (unpaired) electrons. The minimum atomic E-state index is -0.596. The number of nitro groups is 2. The molecule has 22 heavy (non-hydrogen) atoms. The monoisotopic (exact) mass is 298 g/mol. The molecule has 0 aliphatic carbocycles. The molecule has 8 nitrogen and oxygen atoms in total. The van der Waals surface area contributed by atoms with Crippen LogP contribution < -0.4 is 11.5 Å². The lowest BCUT2D eigenvalue weighted by Gasteiger charge is -2.07. The van der Waals surface area contributed by atoms with Crippen LogP contribution >= 0.6 is 0 Å². The number of hydrogen-bond donors (Lipinski definition) is 2. The van der Waals surface area contributed by atoms with Gasteiger partial charge < -0.3 is 11.5 Å². The van der Waals surface area contributed by atoms with Gasteiger partial charge in [0.1, 0.15) is 11.4 Å². The topological polar surface area (TPSA) is 138 Å². The summed E-state index contributed by atoms with van der Waals surface area (Å²) in [5, 5.41) is 24.1. The van der Waals surface area contributed by atoms with Crippen molar-refractivity contribution in [2.45, 2.75) is 0 Å². The van der Waals surface area contributed by atoms with Gasteiger partial charge >= 0.3 is 0 Å². The highest BCUT2D eigenvalue weighted by Gasteiger charge is 2.21. The van der Waals surface area contributed by atoms with Crippen LogP contribution in [-0.2, 0) is 0 Å². The van der Waals surface area contributed by atoms with Crippen molar-refractivity contribution in [1.29, 1.82) is 0 Å². The van der Waals surface area contributed by atoms with Crippen LogP contribution in [0.1, 0.15) is 0 Å². The molecule has 0 aliphatic rings. The summed E-state index contributed by atoms with van der Waals surface area (Å²) in [4.78, 5) is 21.3. The summed E-state index contributed by atoms with van der Waals surface area (Å²) in [6.45, 7) is 0. The Bertz CT molecular complexity index is 893. The fourth-order valence-corrected chi connectivity index (χ4v) is 2.56. The standard InChI is InChI=1S/C14H10N4O4/c15-11-3-1-7-5-8-2-4-12(16)14(18(21)22)10(8)6-9(7)13(11)17(19)20/h1-6H,15-16H2. The first-order valence-corrected chi connectivity index (χ1v) is 6.23. The van der Waals surface area contributed by atoms with Gasteiger partial charge in [-0.25, -0.2) is 0 Å². The predicted octanol–water partition coefficient (Wildman–Crippen LogP) is 2.97. The molecule has 0 fully saturated rings. The Morgan fingerprint density at radius 1 is 0.727 bits per heavy atom. The lowest BCUT2D eigenvalue weighted by atomic mass is 10.00. The molecule has 0 aliphatic heterocycles. The molecule has 0 saturated carbocycles. The van der Waals surface area contributed by atoms with Crippen LogP contribution in [0.3, 0.4) is 0 Å². The van der Waals surface area contributed by atoms with Crippen molar-refractivity contribution in [3.05, 3.63) is 56.6 Å². The van der Waals surface area contributed by atoms with Crippen LogP contribution in [0.2, 0.25) is 0 Å². The van der Waals surface area contributed by atoms with Gasteiger partial charge in [0.15, 0.2) is 0 Å². The second kappa shape index (κ2) is 4.55. The Hall–Kier alpha value is -3.42. The van der Waals surface area contributed by atoms with Gasteiger partial charge in [-0.2, -0.15) is 0 Å². The van der Waals surface area contributed by atoms with Crippen molar-refractivity contribution in [3.8, 4) is 0 Å². The molecule has 0 saturated heterocycles. The Morgan fingerprint density at radius 2 is 1.14 bits per heavy atom. The van der Waals surface area contributed by atoms with Crippen molar-refractivity contribution >= 4 is 44.3 Å². The number of nitrogens with two attached hydrogens (primary N) is 2.